The first kappa shape index (κ1) is 24.6. The minimum Gasteiger partial charge on any atom is -0.449 e. The standard InChI is InChI=1S/C25H23N5O5S/c26-23(27)16-4-6-17(7-5-16)24(32)29-9-1-2-15-3-8-18-19(12-15)30(14-21-28-10-11-36-21)13-20(22(18)31)35-25(33)34/h3-8,10-13H,1-2,9,14H2,(H3,26,27)(H,29,32)(H,33,34). The molecule has 2 heterocycles. The van der Waals surface area contributed by atoms with Gasteiger partial charge in [0.05, 0.1) is 18.3 Å². The maximum Gasteiger partial charge on any atom is 0.511 e. The molecule has 0 aliphatic rings. The number of rotatable bonds is 9. The molecule has 0 aliphatic carbocycles. The highest BCUT2D eigenvalue weighted by molar-refractivity contribution is 7.09. The zero-order valence-electron chi connectivity index (χ0n) is 19.1. The van der Waals surface area contributed by atoms with Crippen molar-refractivity contribution in [3.63, 3.8) is 0 Å². The van der Waals surface area contributed by atoms with Gasteiger partial charge < -0.3 is 25.5 Å². The van der Waals surface area contributed by atoms with E-state index in [2.05, 4.69) is 10.3 Å². The number of carboxylic acid groups (broad SMARTS) is 1. The molecule has 0 aliphatic heterocycles. The maximum absolute atomic E-state index is 12.8. The minimum atomic E-state index is -1.55. The maximum atomic E-state index is 12.8. The number of ether oxygens (including phenoxy) is 1. The van der Waals surface area contributed by atoms with E-state index in [1.807, 2.05) is 17.5 Å². The van der Waals surface area contributed by atoms with Crippen LogP contribution in [-0.4, -0.2) is 39.1 Å². The van der Waals surface area contributed by atoms with Crippen molar-refractivity contribution in [2.45, 2.75) is 19.4 Å². The molecular formula is C25H23N5O5S. The molecule has 36 heavy (non-hydrogen) atoms. The summed E-state index contributed by atoms with van der Waals surface area (Å²) in [5.41, 5.74) is 7.57. The predicted molar refractivity (Wildman–Crippen MR) is 136 cm³/mol. The summed E-state index contributed by atoms with van der Waals surface area (Å²) in [4.78, 5) is 40.5. The van der Waals surface area contributed by atoms with Crippen LogP contribution in [0, 0.1) is 5.41 Å². The fourth-order valence-corrected chi connectivity index (χ4v) is 4.35. The van der Waals surface area contributed by atoms with E-state index in [0.717, 1.165) is 10.6 Å². The van der Waals surface area contributed by atoms with Crippen LogP contribution in [0.4, 0.5) is 4.79 Å². The van der Waals surface area contributed by atoms with Gasteiger partial charge in [0.25, 0.3) is 5.91 Å². The summed E-state index contributed by atoms with van der Waals surface area (Å²) in [6.07, 6.45) is 2.83. The lowest BCUT2D eigenvalue weighted by Gasteiger charge is -2.13. The molecule has 5 N–H and O–H groups in total. The van der Waals surface area contributed by atoms with Crippen LogP contribution in [0.5, 0.6) is 5.75 Å². The molecule has 0 unspecified atom stereocenters. The van der Waals surface area contributed by atoms with E-state index >= 15 is 0 Å². The van der Waals surface area contributed by atoms with Gasteiger partial charge in [-0.15, -0.1) is 11.3 Å². The summed E-state index contributed by atoms with van der Waals surface area (Å²) < 4.78 is 6.46. The lowest BCUT2D eigenvalue weighted by Crippen LogP contribution is -2.25. The summed E-state index contributed by atoms with van der Waals surface area (Å²) in [5.74, 6) is -0.537. The van der Waals surface area contributed by atoms with Crippen LogP contribution in [-0.2, 0) is 13.0 Å². The first-order valence-corrected chi connectivity index (χ1v) is 11.9. The third-order valence-electron chi connectivity index (χ3n) is 5.49. The molecule has 10 nitrogen and oxygen atoms in total. The molecule has 11 heteroatoms. The van der Waals surface area contributed by atoms with Crippen LogP contribution >= 0.6 is 11.3 Å². The number of nitrogens with zero attached hydrogens (tertiary/aromatic N) is 2. The molecule has 1 amide bonds. The summed E-state index contributed by atoms with van der Waals surface area (Å²) in [7, 11) is 0. The number of nitrogens with one attached hydrogen (secondary N) is 2. The van der Waals surface area contributed by atoms with Gasteiger partial charge in [-0.05, 0) is 42.7 Å². The molecule has 0 saturated heterocycles. The van der Waals surface area contributed by atoms with Gasteiger partial charge in [0.2, 0.25) is 5.43 Å². The number of thiazole rings is 1. The van der Waals surface area contributed by atoms with Crippen molar-refractivity contribution >= 4 is 40.1 Å². The molecule has 0 atom stereocenters. The molecule has 0 radical (unpaired) electrons. The van der Waals surface area contributed by atoms with E-state index in [0.29, 0.717) is 48.0 Å². The summed E-state index contributed by atoms with van der Waals surface area (Å²) in [6.45, 7) is 0.801. The Hall–Kier alpha value is -4.51. The Morgan fingerprint density at radius 3 is 2.58 bits per heavy atom. The third-order valence-corrected chi connectivity index (χ3v) is 6.25. The smallest absolute Gasteiger partial charge is 0.449 e. The van der Waals surface area contributed by atoms with Crippen LogP contribution in [0.1, 0.15) is 32.9 Å². The van der Waals surface area contributed by atoms with E-state index in [1.165, 1.54) is 17.5 Å². The minimum absolute atomic E-state index is 0.0555. The number of carbonyl (C=O) groups is 2. The van der Waals surface area contributed by atoms with Crippen LogP contribution in [0.25, 0.3) is 10.9 Å². The van der Waals surface area contributed by atoms with Crippen molar-refractivity contribution in [1.82, 2.24) is 14.9 Å². The third kappa shape index (κ3) is 5.76. The molecule has 0 saturated carbocycles. The molecule has 0 bridgehead atoms. The Bertz CT molecular complexity index is 1480. The van der Waals surface area contributed by atoms with Crippen molar-refractivity contribution < 1.29 is 19.4 Å². The van der Waals surface area contributed by atoms with Gasteiger partial charge in [-0.1, -0.05) is 18.2 Å². The van der Waals surface area contributed by atoms with Gasteiger partial charge in [0.1, 0.15) is 10.8 Å². The second-order valence-corrected chi connectivity index (χ2v) is 8.93. The van der Waals surface area contributed by atoms with E-state index < -0.39 is 11.6 Å². The molecule has 4 aromatic rings. The number of aromatic nitrogens is 2. The number of fused-ring (bicyclic) bond motifs is 1. The highest BCUT2D eigenvalue weighted by atomic mass is 32.1. The lowest BCUT2D eigenvalue weighted by molar-refractivity contribution is 0.0953. The average Bonchev–Trinajstić information content (AvgIpc) is 3.37. The Labute approximate surface area is 209 Å². The fourth-order valence-electron chi connectivity index (χ4n) is 3.74. The van der Waals surface area contributed by atoms with E-state index in [4.69, 9.17) is 21.0 Å². The molecule has 4 rings (SSSR count). The Balaban J connectivity index is 1.47. The van der Waals surface area contributed by atoms with Gasteiger partial charge in [-0.25, -0.2) is 9.78 Å². The van der Waals surface area contributed by atoms with Crippen molar-refractivity contribution in [3.8, 4) is 5.75 Å². The number of nitrogens with two attached hydrogens (primary N) is 1. The number of benzene rings is 2. The van der Waals surface area contributed by atoms with E-state index in [-0.39, 0.29) is 17.5 Å². The largest absolute Gasteiger partial charge is 0.511 e. The number of hydrogen-bond donors (Lipinski definition) is 4. The summed E-state index contributed by atoms with van der Waals surface area (Å²) in [5, 5.41) is 22.3. The van der Waals surface area contributed by atoms with Gasteiger partial charge in [0, 0.05) is 34.6 Å². The van der Waals surface area contributed by atoms with Crippen molar-refractivity contribution in [3.05, 3.63) is 92.2 Å². The number of carbonyl (C=O) groups excluding carboxylic acids is 1. The van der Waals surface area contributed by atoms with Crippen LogP contribution in [0.2, 0.25) is 0 Å². The molecular weight excluding hydrogens is 482 g/mol. The number of amidine groups is 1. The number of aryl methyl sites for hydroxylation is 1. The number of amides is 1. The van der Waals surface area contributed by atoms with Crippen LogP contribution in [0.3, 0.4) is 0 Å². The first-order valence-electron chi connectivity index (χ1n) is 11.0. The second kappa shape index (κ2) is 10.8. The zero-order valence-corrected chi connectivity index (χ0v) is 19.9. The van der Waals surface area contributed by atoms with E-state index in [9.17, 15) is 14.4 Å². The van der Waals surface area contributed by atoms with Crippen molar-refractivity contribution in [2.24, 2.45) is 5.73 Å². The molecule has 2 aromatic carbocycles. The highest BCUT2D eigenvalue weighted by Gasteiger charge is 2.14. The molecule has 0 fully saturated rings. The predicted octanol–water partition coefficient (Wildman–Crippen LogP) is 3.21. The van der Waals surface area contributed by atoms with Crippen molar-refractivity contribution in [2.75, 3.05) is 6.54 Å². The van der Waals surface area contributed by atoms with Crippen LogP contribution < -0.4 is 21.2 Å². The van der Waals surface area contributed by atoms with Gasteiger partial charge in [-0.3, -0.25) is 15.0 Å². The summed E-state index contributed by atoms with van der Waals surface area (Å²) >= 11 is 1.45. The topological polar surface area (TPSA) is 160 Å². The number of nitrogen functional groups attached to an aromatic ring is 1. The van der Waals surface area contributed by atoms with Crippen LogP contribution in [0.15, 0.2) is 65.0 Å². The lowest BCUT2D eigenvalue weighted by atomic mass is 10.1. The molecule has 0 spiro atoms. The average molecular weight is 506 g/mol. The zero-order chi connectivity index (χ0) is 25.7. The second-order valence-electron chi connectivity index (χ2n) is 7.95. The monoisotopic (exact) mass is 505 g/mol. The highest BCUT2D eigenvalue weighted by Crippen LogP contribution is 2.20. The Kier molecular flexibility index (Phi) is 7.40. The van der Waals surface area contributed by atoms with E-state index in [1.54, 1.807) is 41.1 Å². The first-order chi connectivity index (χ1) is 17.3. The number of pyridine rings is 1. The molecule has 184 valence electrons. The number of hydrogen-bond acceptors (Lipinski definition) is 7. The fraction of sp³-hybridized carbons (Fsp3) is 0.160. The Morgan fingerprint density at radius 1 is 1.17 bits per heavy atom. The SMILES string of the molecule is N=C(N)c1ccc(C(=O)NCCCc2ccc3c(=O)c(OC(=O)O)cn(Cc4nccs4)c3c2)cc1. The normalized spacial score (nSPS) is 10.8. The Morgan fingerprint density at radius 2 is 1.92 bits per heavy atom. The molecule has 2 aromatic heterocycles. The van der Waals surface area contributed by atoms with Crippen molar-refractivity contribution in [1.29, 1.82) is 5.41 Å². The van der Waals surface area contributed by atoms with Gasteiger partial charge >= 0.3 is 6.16 Å². The quantitative estimate of drug-likeness (QED) is 0.118. The van der Waals surface area contributed by atoms with Gasteiger partial charge in [0.15, 0.2) is 5.75 Å². The summed E-state index contributed by atoms with van der Waals surface area (Å²) in [6, 6.07) is 11.9. The van der Waals surface area contributed by atoms with Gasteiger partial charge in [-0.2, -0.15) is 0 Å².